The standard InChI is InChI=1S/C19H20Cl2N2O2S/c1-26-10-9-17(23-18(24)13-5-3-2-4-6-13)19(25)22-12-14-7-8-15(20)11-16(14)21/h2-8,11,17H,9-10,12H2,1H3,(H,22,25)(H,23,24). The van der Waals surface area contributed by atoms with Crippen LogP contribution in [0, 0.1) is 0 Å². The van der Waals surface area contributed by atoms with E-state index in [2.05, 4.69) is 10.6 Å². The first-order valence-electron chi connectivity index (χ1n) is 8.07. The van der Waals surface area contributed by atoms with Crippen molar-refractivity contribution < 1.29 is 9.59 Å². The molecule has 2 aromatic rings. The van der Waals surface area contributed by atoms with Gasteiger partial charge in [0.25, 0.3) is 5.91 Å². The van der Waals surface area contributed by atoms with Crippen molar-refractivity contribution in [1.82, 2.24) is 10.6 Å². The van der Waals surface area contributed by atoms with Crippen LogP contribution in [0.2, 0.25) is 10.0 Å². The number of carbonyl (C=O) groups excluding carboxylic acids is 2. The monoisotopic (exact) mass is 410 g/mol. The highest BCUT2D eigenvalue weighted by atomic mass is 35.5. The van der Waals surface area contributed by atoms with E-state index < -0.39 is 6.04 Å². The molecule has 7 heteroatoms. The van der Waals surface area contributed by atoms with E-state index in [1.54, 1.807) is 54.2 Å². The maximum atomic E-state index is 12.6. The van der Waals surface area contributed by atoms with Crippen LogP contribution in [0.3, 0.4) is 0 Å². The zero-order valence-electron chi connectivity index (χ0n) is 14.3. The molecule has 2 aromatic carbocycles. The summed E-state index contributed by atoms with van der Waals surface area (Å²) in [4.78, 5) is 24.9. The van der Waals surface area contributed by atoms with Crippen LogP contribution in [-0.2, 0) is 11.3 Å². The van der Waals surface area contributed by atoms with Gasteiger partial charge in [-0.2, -0.15) is 11.8 Å². The third-order valence-electron chi connectivity index (χ3n) is 3.74. The number of thioether (sulfide) groups is 1. The van der Waals surface area contributed by atoms with E-state index in [0.717, 1.165) is 11.3 Å². The number of benzene rings is 2. The zero-order valence-corrected chi connectivity index (χ0v) is 16.6. The number of amides is 2. The first kappa shape index (κ1) is 20.6. The van der Waals surface area contributed by atoms with Crippen molar-refractivity contribution in [3.05, 3.63) is 69.7 Å². The average molecular weight is 411 g/mol. The Kier molecular flexibility index (Phi) is 8.29. The second kappa shape index (κ2) is 10.5. The Morgan fingerprint density at radius 2 is 1.85 bits per heavy atom. The van der Waals surface area contributed by atoms with Gasteiger partial charge in [-0.05, 0) is 48.3 Å². The van der Waals surface area contributed by atoms with Crippen LogP contribution in [0.1, 0.15) is 22.3 Å². The molecule has 0 saturated heterocycles. The first-order valence-corrected chi connectivity index (χ1v) is 10.2. The van der Waals surface area contributed by atoms with E-state index >= 15 is 0 Å². The molecule has 2 amide bonds. The topological polar surface area (TPSA) is 58.2 Å². The van der Waals surface area contributed by atoms with Crippen molar-refractivity contribution in [3.63, 3.8) is 0 Å². The van der Waals surface area contributed by atoms with Crippen LogP contribution in [0.5, 0.6) is 0 Å². The van der Waals surface area contributed by atoms with Crippen LogP contribution in [0.25, 0.3) is 0 Å². The number of nitrogens with one attached hydrogen (secondary N) is 2. The van der Waals surface area contributed by atoms with Gasteiger partial charge >= 0.3 is 0 Å². The first-order chi connectivity index (χ1) is 12.5. The minimum atomic E-state index is -0.610. The van der Waals surface area contributed by atoms with Gasteiger partial charge in [0.15, 0.2) is 0 Å². The molecule has 0 aliphatic rings. The van der Waals surface area contributed by atoms with Crippen molar-refractivity contribution in [2.45, 2.75) is 19.0 Å². The summed E-state index contributed by atoms with van der Waals surface area (Å²) in [5.41, 5.74) is 1.29. The van der Waals surface area contributed by atoms with Crippen LogP contribution < -0.4 is 10.6 Å². The van der Waals surface area contributed by atoms with Gasteiger partial charge in [-0.15, -0.1) is 0 Å². The summed E-state index contributed by atoms with van der Waals surface area (Å²) >= 11 is 13.6. The van der Waals surface area contributed by atoms with Gasteiger partial charge in [-0.25, -0.2) is 0 Å². The molecular weight excluding hydrogens is 391 g/mol. The Morgan fingerprint density at radius 1 is 1.12 bits per heavy atom. The normalized spacial score (nSPS) is 11.7. The maximum absolute atomic E-state index is 12.6. The highest BCUT2D eigenvalue weighted by Crippen LogP contribution is 2.20. The summed E-state index contributed by atoms with van der Waals surface area (Å²) in [6, 6.07) is 13.3. The lowest BCUT2D eigenvalue weighted by molar-refractivity contribution is -0.123. The minimum absolute atomic E-state index is 0.241. The Morgan fingerprint density at radius 3 is 2.50 bits per heavy atom. The van der Waals surface area contributed by atoms with Crippen LogP contribution in [-0.4, -0.2) is 29.9 Å². The number of carbonyl (C=O) groups is 2. The van der Waals surface area contributed by atoms with Gasteiger partial charge < -0.3 is 10.6 Å². The Balaban J connectivity index is 2.00. The molecule has 0 aliphatic carbocycles. The van der Waals surface area contributed by atoms with Crippen molar-refractivity contribution >= 4 is 46.8 Å². The molecule has 26 heavy (non-hydrogen) atoms. The molecule has 2 N–H and O–H groups in total. The van der Waals surface area contributed by atoms with E-state index in [-0.39, 0.29) is 18.4 Å². The van der Waals surface area contributed by atoms with Crippen LogP contribution in [0.15, 0.2) is 48.5 Å². The van der Waals surface area contributed by atoms with E-state index in [1.807, 2.05) is 12.3 Å². The molecule has 0 saturated carbocycles. The fourth-order valence-electron chi connectivity index (χ4n) is 2.31. The number of rotatable bonds is 8. The second-order valence-electron chi connectivity index (χ2n) is 5.63. The van der Waals surface area contributed by atoms with Gasteiger partial charge in [0.2, 0.25) is 5.91 Å². The number of hydrogen-bond acceptors (Lipinski definition) is 3. The summed E-state index contributed by atoms with van der Waals surface area (Å²) in [7, 11) is 0. The van der Waals surface area contributed by atoms with E-state index in [1.165, 1.54) is 0 Å². The summed E-state index contributed by atoms with van der Waals surface area (Å²) in [6.45, 7) is 0.270. The highest BCUT2D eigenvalue weighted by molar-refractivity contribution is 7.98. The fourth-order valence-corrected chi connectivity index (χ4v) is 3.25. The Hall–Kier alpha value is -1.69. The van der Waals surface area contributed by atoms with Crippen molar-refractivity contribution in [2.24, 2.45) is 0 Å². The van der Waals surface area contributed by atoms with Gasteiger partial charge in [-0.1, -0.05) is 47.5 Å². The van der Waals surface area contributed by atoms with Gasteiger partial charge in [-0.3, -0.25) is 9.59 Å². The van der Waals surface area contributed by atoms with Gasteiger partial charge in [0, 0.05) is 22.2 Å². The van der Waals surface area contributed by atoms with Crippen LogP contribution >= 0.6 is 35.0 Å². The lowest BCUT2D eigenvalue weighted by Crippen LogP contribution is -2.46. The Bertz CT molecular complexity index is 756. The number of halogens is 2. The maximum Gasteiger partial charge on any atom is 0.251 e. The molecule has 0 fully saturated rings. The Labute approximate surface area is 167 Å². The minimum Gasteiger partial charge on any atom is -0.350 e. The molecular formula is C19H20Cl2N2O2S. The van der Waals surface area contributed by atoms with E-state index in [0.29, 0.717) is 22.0 Å². The SMILES string of the molecule is CSCCC(NC(=O)c1ccccc1)C(=O)NCc1ccc(Cl)cc1Cl. The lowest BCUT2D eigenvalue weighted by atomic mass is 10.1. The zero-order chi connectivity index (χ0) is 18.9. The molecule has 0 aromatic heterocycles. The predicted octanol–water partition coefficient (Wildman–Crippen LogP) is 4.16. The summed E-state index contributed by atoms with van der Waals surface area (Å²) in [6.07, 6.45) is 2.50. The second-order valence-corrected chi connectivity index (χ2v) is 7.46. The molecule has 0 bridgehead atoms. The largest absolute Gasteiger partial charge is 0.350 e. The van der Waals surface area contributed by atoms with Crippen molar-refractivity contribution in [1.29, 1.82) is 0 Å². The molecule has 1 unspecified atom stereocenters. The molecule has 0 spiro atoms. The molecule has 4 nitrogen and oxygen atoms in total. The van der Waals surface area contributed by atoms with Crippen LogP contribution in [0.4, 0.5) is 0 Å². The van der Waals surface area contributed by atoms with Gasteiger partial charge in [0.1, 0.15) is 6.04 Å². The molecule has 2 rings (SSSR count). The predicted molar refractivity (Wildman–Crippen MR) is 109 cm³/mol. The average Bonchev–Trinajstić information content (AvgIpc) is 2.64. The van der Waals surface area contributed by atoms with Crippen molar-refractivity contribution in [2.75, 3.05) is 12.0 Å². The third-order valence-corrected chi connectivity index (χ3v) is 4.97. The number of hydrogen-bond donors (Lipinski definition) is 2. The molecule has 0 heterocycles. The lowest BCUT2D eigenvalue weighted by Gasteiger charge is -2.18. The molecule has 1 atom stereocenters. The van der Waals surface area contributed by atoms with Crippen molar-refractivity contribution in [3.8, 4) is 0 Å². The summed E-state index contributed by atoms with van der Waals surface area (Å²) < 4.78 is 0. The van der Waals surface area contributed by atoms with Gasteiger partial charge in [0.05, 0.1) is 0 Å². The molecule has 138 valence electrons. The summed E-state index contributed by atoms with van der Waals surface area (Å²) in [5, 5.41) is 6.68. The smallest absolute Gasteiger partial charge is 0.251 e. The third kappa shape index (κ3) is 6.24. The molecule has 0 radical (unpaired) electrons. The van der Waals surface area contributed by atoms with E-state index in [9.17, 15) is 9.59 Å². The quantitative estimate of drug-likeness (QED) is 0.686. The summed E-state index contributed by atoms with van der Waals surface area (Å²) in [5.74, 6) is 0.250. The highest BCUT2D eigenvalue weighted by Gasteiger charge is 2.21. The van der Waals surface area contributed by atoms with E-state index in [4.69, 9.17) is 23.2 Å². The molecule has 0 aliphatic heterocycles. The fraction of sp³-hybridized carbons (Fsp3) is 0.263.